The van der Waals surface area contributed by atoms with Gasteiger partial charge < -0.3 is 5.11 Å². The molecule has 5 aliphatic carbocycles. The summed E-state index contributed by atoms with van der Waals surface area (Å²) in [6.07, 6.45) is 16.4. The molecule has 2 nitrogen and oxygen atoms in total. The van der Waals surface area contributed by atoms with Crippen LogP contribution in [0.2, 0.25) is 0 Å². The van der Waals surface area contributed by atoms with Crippen molar-refractivity contribution in [2.24, 2.45) is 38.9 Å². The van der Waals surface area contributed by atoms with E-state index in [1.54, 1.807) is 5.57 Å². The molecule has 0 aromatic carbocycles. The number of allylic oxidation sites excluding steroid dienone is 2. The zero-order chi connectivity index (χ0) is 20.3. The first-order chi connectivity index (χ1) is 13.7. The fourth-order valence-electron chi connectivity index (χ4n) is 9.75. The third kappa shape index (κ3) is 1.92. The Hall–Kier alpha value is -1.15. The minimum atomic E-state index is -0.0528. The molecule has 2 heteroatoms. The molecule has 29 heavy (non-hydrogen) atoms. The maximum absolute atomic E-state index is 10.5. The number of nitrogens with zero attached hydrogens (tertiary/aromatic N) is 1. The fraction of sp³-hybridized carbons (Fsp3) is 0.741. The Bertz CT molecular complexity index is 893. The predicted octanol–water partition coefficient (Wildman–Crippen LogP) is 6.26. The van der Waals surface area contributed by atoms with Crippen LogP contribution in [0, 0.1) is 38.9 Å². The first-order valence-corrected chi connectivity index (χ1v) is 12.0. The molecule has 156 valence electrons. The normalized spacial score (nSPS) is 55.2. The van der Waals surface area contributed by atoms with Crippen molar-refractivity contribution < 1.29 is 5.11 Å². The number of aromatic nitrogens is 1. The lowest BCUT2D eigenvalue weighted by Gasteiger charge is -2.70. The lowest BCUT2D eigenvalue weighted by molar-refractivity contribution is -0.209. The largest absolute Gasteiger partial charge is 0.393 e. The Balaban J connectivity index is 1.43. The molecule has 6 rings (SSSR count). The third-order valence-electron chi connectivity index (χ3n) is 11.9. The second-order valence-corrected chi connectivity index (χ2v) is 12.3. The van der Waals surface area contributed by atoms with E-state index < -0.39 is 0 Å². The molecule has 0 bridgehead atoms. The topological polar surface area (TPSA) is 33.1 Å². The van der Waals surface area contributed by atoms with Gasteiger partial charge in [0.05, 0.1) is 6.10 Å². The SMILES string of the molecule is C[C@]12CC[C@H](O)C[C@@]13C[C@H]3CC1[C@]2(C)CC[C@]2(C)C(c3cccnc3)=CC[C@@]12C. The Morgan fingerprint density at radius 2 is 1.86 bits per heavy atom. The van der Waals surface area contributed by atoms with Gasteiger partial charge in [-0.25, -0.2) is 0 Å². The van der Waals surface area contributed by atoms with Crippen LogP contribution >= 0.6 is 0 Å². The summed E-state index contributed by atoms with van der Waals surface area (Å²) in [4.78, 5) is 4.44. The van der Waals surface area contributed by atoms with Gasteiger partial charge in [0, 0.05) is 12.4 Å². The summed E-state index contributed by atoms with van der Waals surface area (Å²) in [5.74, 6) is 1.63. The maximum atomic E-state index is 10.5. The highest BCUT2D eigenvalue weighted by Crippen LogP contribution is 2.85. The summed E-state index contributed by atoms with van der Waals surface area (Å²) in [7, 11) is 0. The Kier molecular flexibility index (Phi) is 3.44. The number of aliphatic hydroxyl groups excluding tert-OH is 1. The summed E-state index contributed by atoms with van der Waals surface area (Å²) in [5, 5.41) is 10.5. The van der Waals surface area contributed by atoms with Crippen molar-refractivity contribution in [3.8, 4) is 0 Å². The summed E-state index contributed by atoms with van der Waals surface area (Å²) in [6.45, 7) is 10.5. The van der Waals surface area contributed by atoms with E-state index in [1.165, 1.54) is 44.1 Å². The lowest BCUT2D eigenvalue weighted by Crippen LogP contribution is -2.63. The minimum Gasteiger partial charge on any atom is -0.393 e. The molecule has 0 amide bonds. The monoisotopic (exact) mass is 391 g/mol. The summed E-state index contributed by atoms with van der Waals surface area (Å²) in [5.41, 5.74) is 4.72. The number of rotatable bonds is 1. The van der Waals surface area contributed by atoms with Crippen LogP contribution in [0.25, 0.3) is 5.57 Å². The quantitative estimate of drug-likeness (QED) is 0.613. The van der Waals surface area contributed by atoms with Crippen LogP contribution in [-0.4, -0.2) is 16.2 Å². The van der Waals surface area contributed by atoms with Crippen LogP contribution in [0.3, 0.4) is 0 Å². The van der Waals surface area contributed by atoms with Gasteiger partial charge in [-0.1, -0.05) is 39.8 Å². The number of pyridine rings is 1. The predicted molar refractivity (Wildman–Crippen MR) is 117 cm³/mol. The standard InChI is InChI=1S/C27H37NO/c1-23-11-12-25(3)22(14-19-15-27(19)16-20(29)7-10-26(25,27)4)24(23,2)9-8-21(23)18-6-5-13-28-17-18/h5-6,8,13,17,19-20,22,29H,7,9-12,14-16H2,1-4H3/t19-,20+,22?,23-,24+,25+,26-,27-/m1/s1. The van der Waals surface area contributed by atoms with Gasteiger partial charge in [0.25, 0.3) is 0 Å². The summed E-state index contributed by atoms with van der Waals surface area (Å²) >= 11 is 0. The van der Waals surface area contributed by atoms with Crippen LogP contribution < -0.4 is 0 Å². The van der Waals surface area contributed by atoms with Gasteiger partial charge in [-0.2, -0.15) is 0 Å². The molecule has 0 aliphatic heterocycles. The molecule has 1 aromatic rings. The second kappa shape index (κ2) is 5.36. The van der Waals surface area contributed by atoms with Crippen LogP contribution in [0.1, 0.15) is 84.6 Å². The van der Waals surface area contributed by atoms with Crippen LogP contribution in [-0.2, 0) is 0 Å². The van der Waals surface area contributed by atoms with Gasteiger partial charge in [0.2, 0.25) is 0 Å². The van der Waals surface area contributed by atoms with E-state index >= 15 is 0 Å². The van der Waals surface area contributed by atoms with Crippen molar-refractivity contribution in [3.63, 3.8) is 0 Å². The third-order valence-corrected chi connectivity index (χ3v) is 11.9. The molecule has 1 N–H and O–H groups in total. The molecule has 0 saturated heterocycles. The molecular weight excluding hydrogens is 354 g/mol. The van der Waals surface area contributed by atoms with E-state index in [2.05, 4.69) is 57.1 Å². The smallest absolute Gasteiger partial charge is 0.0546 e. The van der Waals surface area contributed by atoms with E-state index in [1.807, 2.05) is 6.20 Å². The molecule has 8 atom stereocenters. The molecule has 4 fully saturated rings. The summed E-state index contributed by atoms with van der Waals surface area (Å²) < 4.78 is 0. The second-order valence-electron chi connectivity index (χ2n) is 12.3. The molecule has 4 saturated carbocycles. The van der Waals surface area contributed by atoms with E-state index in [0.29, 0.717) is 21.7 Å². The van der Waals surface area contributed by atoms with Gasteiger partial charge >= 0.3 is 0 Å². The first kappa shape index (κ1) is 18.6. The Labute approximate surface area is 176 Å². The number of hydrogen-bond donors (Lipinski definition) is 1. The number of hydrogen-bond acceptors (Lipinski definition) is 2. The minimum absolute atomic E-state index is 0.0528. The highest BCUT2D eigenvalue weighted by atomic mass is 16.3. The van der Waals surface area contributed by atoms with Crippen molar-refractivity contribution in [1.29, 1.82) is 0 Å². The molecular formula is C27H37NO. The van der Waals surface area contributed by atoms with Crippen molar-refractivity contribution in [2.75, 3.05) is 0 Å². The van der Waals surface area contributed by atoms with E-state index in [4.69, 9.17) is 0 Å². The van der Waals surface area contributed by atoms with Gasteiger partial charge in [0.1, 0.15) is 0 Å². The highest BCUT2D eigenvalue weighted by Gasteiger charge is 2.78. The van der Waals surface area contributed by atoms with Crippen LogP contribution in [0.15, 0.2) is 30.6 Å². The zero-order valence-corrected chi connectivity index (χ0v) is 18.7. The number of fused-ring (bicyclic) bond motifs is 4. The Morgan fingerprint density at radius 3 is 2.62 bits per heavy atom. The maximum Gasteiger partial charge on any atom is 0.0546 e. The average Bonchev–Trinajstić information content (AvgIpc) is 3.32. The Morgan fingerprint density at radius 1 is 1.03 bits per heavy atom. The number of aliphatic hydroxyl groups is 1. The first-order valence-electron chi connectivity index (χ1n) is 12.0. The zero-order valence-electron chi connectivity index (χ0n) is 18.7. The molecule has 0 radical (unpaired) electrons. The van der Waals surface area contributed by atoms with Crippen molar-refractivity contribution in [1.82, 2.24) is 4.98 Å². The van der Waals surface area contributed by atoms with Gasteiger partial charge in [-0.15, -0.1) is 0 Å². The van der Waals surface area contributed by atoms with Gasteiger partial charge in [-0.3, -0.25) is 4.98 Å². The van der Waals surface area contributed by atoms with Crippen LogP contribution in [0.4, 0.5) is 0 Å². The van der Waals surface area contributed by atoms with E-state index in [9.17, 15) is 5.11 Å². The van der Waals surface area contributed by atoms with Crippen molar-refractivity contribution in [2.45, 2.75) is 85.2 Å². The average molecular weight is 392 g/mol. The molecule has 5 aliphatic rings. The van der Waals surface area contributed by atoms with Crippen molar-refractivity contribution >= 4 is 5.57 Å². The molecule has 1 heterocycles. The van der Waals surface area contributed by atoms with E-state index in [0.717, 1.165) is 24.7 Å². The van der Waals surface area contributed by atoms with Crippen molar-refractivity contribution in [3.05, 3.63) is 36.2 Å². The fourth-order valence-corrected chi connectivity index (χ4v) is 9.75. The van der Waals surface area contributed by atoms with Gasteiger partial charge in [0.15, 0.2) is 0 Å². The lowest BCUT2D eigenvalue weighted by atomic mass is 9.34. The highest BCUT2D eigenvalue weighted by molar-refractivity contribution is 5.73. The molecule has 1 spiro atoms. The van der Waals surface area contributed by atoms with E-state index in [-0.39, 0.29) is 11.5 Å². The molecule has 1 unspecified atom stereocenters. The van der Waals surface area contributed by atoms with Gasteiger partial charge in [-0.05, 0) is 107 Å². The van der Waals surface area contributed by atoms with Crippen LogP contribution in [0.5, 0.6) is 0 Å². The molecule has 1 aromatic heterocycles. The summed E-state index contributed by atoms with van der Waals surface area (Å²) in [6, 6.07) is 4.36.